The fraction of sp³-hybridized carbons (Fsp3) is 0.500. The van der Waals surface area contributed by atoms with E-state index in [9.17, 15) is 0 Å². The van der Waals surface area contributed by atoms with Gasteiger partial charge in [0.1, 0.15) is 0 Å². The second kappa shape index (κ2) is 2.58. The first kappa shape index (κ1) is 7.57. The van der Waals surface area contributed by atoms with E-state index in [4.69, 9.17) is 5.73 Å². The summed E-state index contributed by atoms with van der Waals surface area (Å²) in [6.07, 6.45) is 5.17. The Hall–Kier alpha value is -0.820. The molecule has 0 amide bonds. The summed E-state index contributed by atoms with van der Waals surface area (Å²) in [5, 5.41) is 0. The van der Waals surface area contributed by atoms with E-state index in [-0.39, 0.29) is 0 Å². The van der Waals surface area contributed by atoms with Gasteiger partial charge in [-0.15, -0.1) is 0 Å². The molecule has 0 unspecified atom stereocenters. The van der Waals surface area contributed by atoms with Gasteiger partial charge >= 0.3 is 0 Å². The van der Waals surface area contributed by atoms with Gasteiger partial charge in [0.15, 0.2) is 0 Å². The van der Waals surface area contributed by atoms with E-state index in [0.717, 1.165) is 5.92 Å². The molecule has 0 spiro atoms. The highest BCUT2D eigenvalue weighted by Gasteiger charge is 2.32. The van der Waals surface area contributed by atoms with Gasteiger partial charge in [0.2, 0.25) is 0 Å². The van der Waals surface area contributed by atoms with Gasteiger partial charge in [0.25, 0.3) is 0 Å². The van der Waals surface area contributed by atoms with Crippen molar-refractivity contribution in [2.24, 2.45) is 5.73 Å². The predicted octanol–water partition coefficient (Wildman–Crippen LogP) is 2.51. The van der Waals surface area contributed by atoms with Crippen LogP contribution in [0.25, 0.3) is 0 Å². The number of hydrogen-bond donors (Lipinski definition) is 1. The minimum Gasteiger partial charge on any atom is -0.324 e. The van der Waals surface area contributed by atoms with Crippen LogP contribution in [-0.4, -0.2) is 0 Å². The molecule has 3 rings (SSSR count). The molecule has 0 heterocycles. The lowest BCUT2D eigenvalue weighted by molar-refractivity contribution is 0.525. The van der Waals surface area contributed by atoms with E-state index in [1.807, 2.05) is 0 Å². The molecule has 0 aliphatic heterocycles. The lowest BCUT2D eigenvalue weighted by atomic mass is 9.84. The Labute approximate surface area is 78.9 Å². The molecule has 0 radical (unpaired) electrons. The molecule has 13 heavy (non-hydrogen) atoms. The summed E-state index contributed by atoms with van der Waals surface area (Å²) < 4.78 is 0. The number of rotatable bonds is 0. The van der Waals surface area contributed by atoms with Crippen LogP contribution in [-0.2, 0) is 6.42 Å². The Bertz CT molecular complexity index is 343. The van der Waals surface area contributed by atoms with Crippen molar-refractivity contribution in [3.8, 4) is 0 Å². The lowest BCUT2D eigenvalue weighted by Gasteiger charge is -2.20. The molecule has 0 saturated heterocycles. The number of hydrogen-bond acceptors (Lipinski definition) is 1. The van der Waals surface area contributed by atoms with Crippen molar-refractivity contribution in [1.82, 2.24) is 0 Å². The minimum absolute atomic E-state index is 0.318. The zero-order valence-electron chi connectivity index (χ0n) is 7.79. The molecule has 2 aliphatic carbocycles. The summed E-state index contributed by atoms with van der Waals surface area (Å²) in [5.41, 5.74) is 10.7. The Morgan fingerprint density at radius 3 is 3.15 bits per heavy atom. The average molecular weight is 173 g/mol. The van der Waals surface area contributed by atoms with Crippen molar-refractivity contribution in [3.63, 3.8) is 0 Å². The predicted molar refractivity (Wildman–Crippen MR) is 53.7 cm³/mol. The standard InChI is InChI=1S/C12H15N/c13-11-7-9-5-1-3-8-4-2-6-10(11)12(8)9/h2,4,6,9,11H,1,3,5,7,13H2/t9-,11+/m0/s1. The highest BCUT2D eigenvalue weighted by molar-refractivity contribution is 5.45. The van der Waals surface area contributed by atoms with Crippen LogP contribution in [0, 0.1) is 0 Å². The third kappa shape index (κ3) is 0.969. The highest BCUT2D eigenvalue weighted by Crippen LogP contribution is 2.46. The van der Waals surface area contributed by atoms with Crippen molar-refractivity contribution >= 4 is 0 Å². The molecule has 0 aromatic heterocycles. The van der Waals surface area contributed by atoms with Crippen LogP contribution in [0.4, 0.5) is 0 Å². The zero-order chi connectivity index (χ0) is 8.84. The molecule has 2 atom stereocenters. The van der Waals surface area contributed by atoms with Crippen LogP contribution in [0.15, 0.2) is 18.2 Å². The summed E-state index contributed by atoms with van der Waals surface area (Å²) >= 11 is 0. The minimum atomic E-state index is 0.318. The third-order valence-corrected chi connectivity index (χ3v) is 3.58. The Morgan fingerprint density at radius 1 is 1.31 bits per heavy atom. The van der Waals surface area contributed by atoms with Crippen molar-refractivity contribution in [2.75, 3.05) is 0 Å². The molecule has 0 saturated carbocycles. The van der Waals surface area contributed by atoms with Crippen LogP contribution in [0.5, 0.6) is 0 Å². The fourth-order valence-corrected chi connectivity index (χ4v) is 3.02. The molecular formula is C12H15N. The van der Waals surface area contributed by atoms with Gasteiger partial charge in [-0.1, -0.05) is 18.2 Å². The SMILES string of the molecule is N[C@@H]1C[C@@H]2CCCc3cccc1c32. The molecule has 1 aromatic rings. The Balaban J connectivity index is 2.22. The molecular weight excluding hydrogens is 158 g/mol. The first-order chi connectivity index (χ1) is 6.36. The monoisotopic (exact) mass is 173 g/mol. The average Bonchev–Trinajstić information content (AvgIpc) is 2.47. The second-order valence-corrected chi connectivity index (χ2v) is 4.35. The topological polar surface area (TPSA) is 26.0 Å². The molecule has 1 aromatic carbocycles. The maximum atomic E-state index is 6.11. The number of aryl methyl sites for hydroxylation is 1. The molecule has 2 aliphatic rings. The van der Waals surface area contributed by atoms with Gasteiger partial charge in [-0.05, 0) is 48.3 Å². The van der Waals surface area contributed by atoms with Gasteiger partial charge in [-0.2, -0.15) is 0 Å². The first-order valence-corrected chi connectivity index (χ1v) is 5.23. The third-order valence-electron chi connectivity index (χ3n) is 3.58. The zero-order valence-corrected chi connectivity index (χ0v) is 7.79. The van der Waals surface area contributed by atoms with E-state index < -0.39 is 0 Å². The Morgan fingerprint density at radius 2 is 2.23 bits per heavy atom. The van der Waals surface area contributed by atoms with E-state index in [1.165, 1.54) is 31.2 Å². The van der Waals surface area contributed by atoms with Crippen LogP contribution in [0.3, 0.4) is 0 Å². The van der Waals surface area contributed by atoms with Crippen molar-refractivity contribution in [2.45, 2.75) is 37.6 Å². The van der Waals surface area contributed by atoms with Crippen molar-refractivity contribution in [1.29, 1.82) is 0 Å². The molecule has 0 bridgehead atoms. The van der Waals surface area contributed by atoms with E-state index in [0.29, 0.717) is 6.04 Å². The largest absolute Gasteiger partial charge is 0.324 e. The van der Waals surface area contributed by atoms with Gasteiger partial charge in [0.05, 0.1) is 0 Å². The number of benzene rings is 1. The van der Waals surface area contributed by atoms with E-state index in [2.05, 4.69) is 18.2 Å². The summed E-state index contributed by atoms with van der Waals surface area (Å²) in [5.74, 6) is 0.787. The van der Waals surface area contributed by atoms with E-state index >= 15 is 0 Å². The van der Waals surface area contributed by atoms with E-state index in [1.54, 1.807) is 11.1 Å². The number of nitrogens with two attached hydrogens (primary N) is 1. The summed E-state index contributed by atoms with van der Waals surface area (Å²) in [6, 6.07) is 6.98. The molecule has 1 heteroatoms. The molecule has 2 N–H and O–H groups in total. The highest BCUT2D eigenvalue weighted by atomic mass is 14.7. The van der Waals surface area contributed by atoms with Crippen LogP contribution >= 0.6 is 0 Å². The maximum absolute atomic E-state index is 6.11. The second-order valence-electron chi connectivity index (χ2n) is 4.35. The van der Waals surface area contributed by atoms with Crippen LogP contribution in [0.2, 0.25) is 0 Å². The quantitative estimate of drug-likeness (QED) is 0.641. The maximum Gasteiger partial charge on any atom is 0.0303 e. The van der Waals surface area contributed by atoms with Crippen molar-refractivity contribution in [3.05, 3.63) is 34.9 Å². The normalized spacial score (nSPS) is 30.2. The van der Waals surface area contributed by atoms with Crippen molar-refractivity contribution < 1.29 is 0 Å². The summed E-state index contributed by atoms with van der Waals surface area (Å²) in [4.78, 5) is 0. The fourth-order valence-electron chi connectivity index (χ4n) is 3.02. The van der Waals surface area contributed by atoms with Gasteiger partial charge < -0.3 is 5.73 Å². The Kier molecular flexibility index (Phi) is 1.50. The smallest absolute Gasteiger partial charge is 0.0303 e. The molecule has 0 fully saturated rings. The molecule has 1 nitrogen and oxygen atoms in total. The lowest BCUT2D eigenvalue weighted by Crippen LogP contribution is -2.05. The molecule has 68 valence electrons. The van der Waals surface area contributed by atoms with Gasteiger partial charge in [-0.25, -0.2) is 0 Å². The summed E-state index contributed by atoms with van der Waals surface area (Å²) in [6.45, 7) is 0. The van der Waals surface area contributed by atoms with Crippen LogP contribution < -0.4 is 5.73 Å². The van der Waals surface area contributed by atoms with Gasteiger partial charge in [0, 0.05) is 6.04 Å². The summed E-state index contributed by atoms with van der Waals surface area (Å²) in [7, 11) is 0. The van der Waals surface area contributed by atoms with Gasteiger partial charge in [-0.3, -0.25) is 0 Å². The van der Waals surface area contributed by atoms with Crippen LogP contribution in [0.1, 0.15) is 47.9 Å². The first-order valence-electron chi connectivity index (χ1n) is 5.23.